The summed E-state index contributed by atoms with van der Waals surface area (Å²) < 4.78 is 34.3. The molecule has 2 unspecified atom stereocenters. The number of aliphatic hydroxyl groups excluding tert-OH is 1. The fraction of sp³-hybridized carbons (Fsp3) is 1.00. The Kier molecular flexibility index (Phi) is 21.5. The first-order valence-electron chi connectivity index (χ1n) is 10.5. The molecule has 1 N–H and O–H groups in total. The van der Waals surface area contributed by atoms with Crippen LogP contribution in [-0.4, -0.2) is 29.4 Å². The van der Waals surface area contributed by atoms with Crippen LogP contribution in [0, 0.1) is 0 Å². The maximum atomic E-state index is 11.4. The Labute approximate surface area is 185 Å². The number of aliphatic hydroxyl groups is 1. The third-order valence-electron chi connectivity index (χ3n) is 4.99. The summed E-state index contributed by atoms with van der Waals surface area (Å²) in [6, 6.07) is 0. The van der Waals surface area contributed by atoms with Crippen molar-refractivity contribution in [2.24, 2.45) is 0 Å². The van der Waals surface area contributed by atoms with Gasteiger partial charge in [0.2, 0.25) is 0 Å². The molecule has 0 heterocycles. The van der Waals surface area contributed by atoms with Gasteiger partial charge in [-0.05, 0) is 32.1 Å². The summed E-state index contributed by atoms with van der Waals surface area (Å²) in [4.78, 5) is 0. The predicted molar refractivity (Wildman–Crippen MR) is 105 cm³/mol. The maximum absolute atomic E-state index is 11.4. The van der Waals surface area contributed by atoms with Gasteiger partial charge in [0.25, 0.3) is 0 Å². The average molecular weight is 401 g/mol. The van der Waals surface area contributed by atoms with Gasteiger partial charge in [0.15, 0.2) is 0 Å². The van der Waals surface area contributed by atoms with Crippen molar-refractivity contribution in [1.82, 2.24) is 0 Å². The van der Waals surface area contributed by atoms with Crippen molar-refractivity contribution < 1.29 is 47.6 Å². The van der Waals surface area contributed by atoms with Crippen LogP contribution < -0.4 is 29.6 Å². The first-order valence-corrected chi connectivity index (χ1v) is 12.0. The molecule has 0 spiro atoms. The number of hydrogen-bond donors (Lipinski definition) is 1. The van der Waals surface area contributed by atoms with Crippen LogP contribution in [0.1, 0.15) is 117 Å². The van der Waals surface area contributed by atoms with Gasteiger partial charge in [0.05, 0.1) is 16.2 Å². The van der Waals surface area contributed by atoms with Crippen LogP contribution in [0.3, 0.4) is 0 Å². The van der Waals surface area contributed by atoms with E-state index >= 15 is 0 Å². The Balaban J connectivity index is 0. The Morgan fingerprint density at radius 2 is 1.08 bits per heavy atom. The fourth-order valence-corrected chi connectivity index (χ4v) is 4.21. The van der Waals surface area contributed by atoms with Crippen LogP contribution in [0.5, 0.6) is 0 Å². The molecule has 0 saturated carbocycles. The summed E-state index contributed by atoms with van der Waals surface area (Å²) in [6.45, 7) is 4.35. The topological polar surface area (TPSA) is 77.4 Å². The zero-order chi connectivity index (χ0) is 19.0. The van der Waals surface area contributed by atoms with E-state index < -0.39 is 15.4 Å². The molecule has 0 aliphatic rings. The molecule has 4 nitrogen and oxygen atoms in total. The average Bonchev–Trinajstić information content (AvgIpc) is 2.55. The van der Waals surface area contributed by atoms with E-state index in [4.69, 9.17) is 0 Å². The molecule has 0 aliphatic carbocycles. The quantitative estimate of drug-likeness (QED) is 0.218. The Morgan fingerprint density at radius 1 is 0.692 bits per heavy atom. The fourth-order valence-electron chi connectivity index (χ4n) is 3.29. The molecule has 0 amide bonds. The van der Waals surface area contributed by atoms with E-state index in [0.29, 0.717) is 25.7 Å². The normalized spacial score (nSPS) is 14.0. The van der Waals surface area contributed by atoms with Crippen molar-refractivity contribution in [3.8, 4) is 0 Å². The molecule has 6 heteroatoms. The molecular formula is C20H41NaO4S. The van der Waals surface area contributed by atoms with Crippen molar-refractivity contribution in [2.75, 3.05) is 0 Å². The second-order valence-electron chi connectivity index (χ2n) is 7.46. The van der Waals surface area contributed by atoms with Crippen LogP contribution >= 0.6 is 0 Å². The Morgan fingerprint density at radius 3 is 1.58 bits per heavy atom. The van der Waals surface area contributed by atoms with Gasteiger partial charge >= 0.3 is 29.6 Å². The maximum Gasteiger partial charge on any atom is 1.00 e. The van der Waals surface area contributed by atoms with Crippen LogP contribution in [0.25, 0.3) is 0 Å². The standard InChI is InChI=1S/C20H42O4S.Na/c1-3-5-7-9-11-13-17-20(25(22,23)24)18-14-16-19(21)15-12-10-8-6-4-2;/h19-21H,3-18H2,1-2H3,(H,22,23,24);/q;+1/p-1. The van der Waals surface area contributed by atoms with Crippen molar-refractivity contribution in [1.29, 1.82) is 0 Å². The van der Waals surface area contributed by atoms with E-state index in [0.717, 1.165) is 38.5 Å². The van der Waals surface area contributed by atoms with Crippen molar-refractivity contribution in [2.45, 2.75) is 128 Å². The Hall–Kier alpha value is 0.870. The Bertz CT molecular complexity index is 387. The third-order valence-corrected chi connectivity index (χ3v) is 6.28. The van der Waals surface area contributed by atoms with E-state index in [1.807, 2.05) is 0 Å². The first kappa shape index (κ1) is 29.1. The summed E-state index contributed by atoms with van der Waals surface area (Å²) in [5, 5.41) is 9.22. The van der Waals surface area contributed by atoms with E-state index in [1.54, 1.807) is 0 Å². The summed E-state index contributed by atoms with van der Waals surface area (Å²) in [6.07, 6.45) is 14.9. The number of unbranched alkanes of at least 4 members (excludes halogenated alkanes) is 9. The van der Waals surface area contributed by atoms with Gasteiger partial charge in [-0.25, -0.2) is 8.42 Å². The largest absolute Gasteiger partial charge is 1.00 e. The second kappa shape index (κ2) is 19.2. The molecule has 0 aromatic heterocycles. The zero-order valence-corrected chi connectivity index (χ0v) is 20.4. The van der Waals surface area contributed by atoms with Crippen molar-refractivity contribution in [3.05, 3.63) is 0 Å². The monoisotopic (exact) mass is 400 g/mol. The van der Waals surface area contributed by atoms with Crippen molar-refractivity contribution >= 4 is 10.1 Å². The molecule has 0 radical (unpaired) electrons. The SMILES string of the molecule is CCCCCCCCC(CCCC(O)CCCCCCC)S(=O)(=O)[O-].[Na+]. The molecule has 26 heavy (non-hydrogen) atoms. The van der Waals surface area contributed by atoms with Gasteiger partial charge < -0.3 is 9.66 Å². The molecule has 0 saturated heterocycles. The second-order valence-corrected chi connectivity index (χ2v) is 9.11. The predicted octanol–water partition coefficient (Wildman–Crippen LogP) is 2.55. The van der Waals surface area contributed by atoms with Crippen LogP contribution in [-0.2, 0) is 10.1 Å². The van der Waals surface area contributed by atoms with E-state index in [1.165, 1.54) is 38.5 Å². The molecule has 0 aromatic carbocycles. The molecule has 0 bridgehead atoms. The molecule has 0 aromatic rings. The zero-order valence-electron chi connectivity index (χ0n) is 17.5. The summed E-state index contributed by atoms with van der Waals surface area (Å²) in [5.41, 5.74) is 0. The minimum Gasteiger partial charge on any atom is -0.748 e. The summed E-state index contributed by atoms with van der Waals surface area (Å²) >= 11 is 0. The molecule has 2 atom stereocenters. The van der Waals surface area contributed by atoms with Gasteiger partial charge in [0.1, 0.15) is 0 Å². The minimum atomic E-state index is -4.22. The molecule has 0 rings (SSSR count). The first-order chi connectivity index (χ1) is 11.9. The van der Waals surface area contributed by atoms with Crippen molar-refractivity contribution in [3.63, 3.8) is 0 Å². The molecule has 0 fully saturated rings. The van der Waals surface area contributed by atoms with Crippen LogP contribution in [0.4, 0.5) is 0 Å². The molecule has 0 aliphatic heterocycles. The number of hydrogen-bond acceptors (Lipinski definition) is 4. The van der Waals surface area contributed by atoms with Gasteiger partial charge in [-0.1, -0.05) is 84.5 Å². The van der Waals surface area contributed by atoms with E-state index in [2.05, 4.69) is 13.8 Å². The molecular weight excluding hydrogens is 359 g/mol. The number of rotatable bonds is 18. The van der Waals surface area contributed by atoms with E-state index in [-0.39, 0.29) is 35.7 Å². The van der Waals surface area contributed by atoms with Gasteiger partial charge in [-0.3, -0.25) is 0 Å². The third kappa shape index (κ3) is 18.2. The van der Waals surface area contributed by atoms with Gasteiger partial charge in [-0.15, -0.1) is 0 Å². The van der Waals surface area contributed by atoms with E-state index in [9.17, 15) is 18.1 Å². The summed E-state index contributed by atoms with van der Waals surface area (Å²) in [7, 11) is -4.22. The van der Waals surface area contributed by atoms with Gasteiger partial charge in [-0.2, -0.15) is 0 Å². The minimum absolute atomic E-state index is 0. The van der Waals surface area contributed by atoms with Gasteiger partial charge in [0, 0.05) is 5.25 Å². The smallest absolute Gasteiger partial charge is 0.748 e. The van der Waals surface area contributed by atoms with Crippen LogP contribution in [0.15, 0.2) is 0 Å². The van der Waals surface area contributed by atoms with Crippen LogP contribution in [0.2, 0.25) is 0 Å². The molecule has 152 valence electrons. The summed E-state index contributed by atoms with van der Waals surface area (Å²) in [5.74, 6) is 0.